The molecule has 5 nitrogen and oxygen atoms in total. The van der Waals surface area contributed by atoms with Crippen LogP contribution < -0.4 is 4.90 Å². The van der Waals surface area contributed by atoms with Gasteiger partial charge in [-0.3, -0.25) is 0 Å². The molecule has 22 heavy (non-hydrogen) atoms. The molecule has 4 rings (SSSR count). The van der Waals surface area contributed by atoms with Crippen LogP contribution in [0, 0.1) is 11.3 Å². The first-order chi connectivity index (χ1) is 10.8. The first-order valence-corrected chi connectivity index (χ1v) is 7.42. The Hall–Kier alpha value is -2.87. The van der Waals surface area contributed by atoms with Crippen LogP contribution in [0.25, 0.3) is 11.0 Å². The van der Waals surface area contributed by atoms with Crippen LogP contribution in [0.4, 0.5) is 5.82 Å². The van der Waals surface area contributed by atoms with E-state index in [1.807, 2.05) is 36.4 Å². The number of rotatable bonds is 2. The van der Waals surface area contributed by atoms with Crippen molar-refractivity contribution in [2.75, 3.05) is 11.4 Å². The molecular formula is C17H15N5. The SMILES string of the molecule is N#Cc1ccc(N2CCC[C@@H]2c2nc3ccccc3[nH]2)nc1. The Morgan fingerprint density at radius 3 is 2.91 bits per heavy atom. The lowest BCUT2D eigenvalue weighted by Crippen LogP contribution is -2.24. The molecule has 108 valence electrons. The molecule has 1 aromatic carbocycles. The maximum atomic E-state index is 8.89. The number of fused-ring (bicyclic) bond motifs is 1. The lowest BCUT2D eigenvalue weighted by Gasteiger charge is -2.24. The molecule has 0 saturated carbocycles. The first kappa shape index (κ1) is 12.8. The average molecular weight is 289 g/mol. The van der Waals surface area contributed by atoms with E-state index in [0.29, 0.717) is 5.56 Å². The van der Waals surface area contributed by atoms with E-state index >= 15 is 0 Å². The molecule has 0 spiro atoms. The fraction of sp³-hybridized carbons (Fsp3) is 0.235. The van der Waals surface area contributed by atoms with Gasteiger partial charge in [0.2, 0.25) is 0 Å². The predicted octanol–water partition coefficient (Wildman–Crippen LogP) is 3.17. The zero-order valence-electron chi connectivity index (χ0n) is 12.0. The number of nitriles is 1. The predicted molar refractivity (Wildman–Crippen MR) is 84.4 cm³/mol. The summed E-state index contributed by atoms with van der Waals surface area (Å²) in [5.41, 5.74) is 2.65. The molecule has 0 bridgehead atoms. The maximum absolute atomic E-state index is 8.89. The van der Waals surface area contributed by atoms with Gasteiger partial charge in [0.05, 0.1) is 22.6 Å². The summed E-state index contributed by atoms with van der Waals surface area (Å²) in [7, 11) is 0. The molecule has 0 aliphatic carbocycles. The minimum Gasteiger partial charge on any atom is -0.346 e. The molecular weight excluding hydrogens is 274 g/mol. The zero-order valence-corrected chi connectivity index (χ0v) is 12.0. The van der Waals surface area contributed by atoms with Gasteiger partial charge in [-0.1, -0.05) is 12.1 Å². The van der Waals surface area contributed by atoms with Gasteiger partial charge in [-0.15, -0.1) is 0 Å². The number of hydrogen-bond donors (Lipinski definition) is 1. The Morgan fingerprint density at radius 2 is 2.14 bits per heavy atom. The van der Waals surface area contributed by atoms with Gasteiger partial charge in [-0.25, -0.2) is 9.97 Å². The number of aromatic nitrogens is 3. The van der Waals surface area contributed by atoms with Gasteiger partial charge in [0, 0.05) is 12.7 Å². The van der Waals surface area contributed by atoms with Crippen LogP contribution in [0.2, 0.25) is 0 Å². The van der Waals surface area contributed by atoms with Gasteiger partial charge in [0.25, 0.3) is 0 Å². The molecule has 2 aromatic heterocycles. The van der Waals surface area contributed by atoms with Crippen molar-refractivity contribution < 1.29 is 0 Å². The molecule has 3 aromatic rings. The summed E-state index contributed by atoms with van der Waals surface area (Å²) >= 11 is 0. The number of nitrogens with one attached hydrogen (secondary N) is 1. The highest BCUT2D eigenvalue weighted by Crippen LogP contribution is 2.34. The summed E-state index contributed by atoms with van der Waals surface area (Å²) in [6.07, 6.45) is 3.80. The van der Waals surface area contributed by atoms with E-state index in [1.54, 1.807) is 6.20 Å². The number of pyridine rings is 1. The molecule has 1 aliphatic heterocycles. The van der Waals surface area contributed by atoms with Crippen LogP contribution in [0.5, 0.6) is 0 Å². The summed E-state index contributed by atoms with van der Waals surface area (Å²) in [5.74, 6) is 1.90. The number of para-hydroxylation sites is 2. The average Bonchev–Trinajstić information content (AvgIpc) is 3.21. The maximum Gasteiger partial charge on any atom is 0.130 e. The second-order valence-electron chi connectivity index (χ2n) is 5.51. The van der Waals surface area contributed by atoms with E-state index < -0.39 is 0 Å². The van der Waals surface area contributed by atoms with Gasteiger partial charge >= 0.3 is 0 Å². The van der Waals surface area contributed by atoms with E-state index in [-0.39, 0.29) is 6.04 Å². The molecule has 1 aliphatic rings. The fourth-order valence-electron chi connectivity index (χ4n) is 3.08. The Kier molecular flexibility index (Phi) is 3.01. The summed E-state index contributed by atoms with van der Waals surface area (Å²) in [6.45, 7) is 0.959. The van der Waals surface area contributed by atoms with Gasteiger partial charge in [-0.2, -0.15) is 5.26 Å². The first-order valence-electron chi connectivity index (χ1n) is 7.42. The Balaban J connectivity index is 1.69. The third-order valence-electron chi connectivity index (χ3n) is 4.15. The summed E-state index contributed by atoms with van der Waals surface area (Å²) < 4.78 is 0. The number of H-pyrrole nitrogens is 1. The number of anilines is 1. The van der Waals surface area contributed by atoms with Crippen molar-refractivity contribution in [2.45, 2.75) is 18.9 Å². The van der Waals surface area contributed by atoms with E-state index in [0.717, 1.165) is 42.1 Å². The molecule has 1 fully saturated rings. The topological polar surface area (TPSA) is 68.6 Å². The summed E-state index contributed by atoms with van der Waals surface area (Å²) in [5, 5.41) is 8.89. The van der Waals surface area contributed by atoms with Crippen molar-refractivity contribution >= 4 is 16.9 Å². The second kappa shape index (κ2) is 5.15. The standard InChI is InChI=1S/C17H15N5/c18-10-12-7-8-16(19-11-12)22-9-3-6-15(22)17-20-13-4-1-2-5-14(13)21-17/h1-2,4-5,7-8,11,15H,3,6,9H2,(H,20,21)/t15-/m1/s1. The molecule has 1 saturated heterocycles. The minimum absolute atomic E-state index is 0.216. The van der Waals surface area contributed by atoms with Crippen molar-refractivity contribution in [3.8, 4) is 6.07 Å². The van der Waals surface area contributed by atoms with E-state index in [1.165, 1.54) is 0 Å². The fourth-order valence-corrected chi connectivity index (χ4v) is 3.08. The van der Waals surface area contributed by atoms with Gasteiger partial charge in [0.1, 0.15) is 17.7 Å². The monoisotopic (exact) mass is 289 g/mol. The molecule has 1 N–H and O–H groups in total. The summed E-state index contributed by atoms with van der Waals surface area (Å²) in [6, 6.07) is 14.1. The number of benzene rings is 1. The molecule has 0 amide bonds. The third-order valence-corrected chi connectivity index (χ3v) is 4.15. The smallest absolute Gasteiger partial charge is 0.130 e. The normalized spacial score (nSPS) is 17.8. The lowest BCUT2D eigenvalue weighted by molar-refractivity contribution is 0.673. The second-order valence-corrected chi connectivity index (χ2v) is 5.51. The quantitative estimate of drug-likeness (QED) is 0.786. The lowest BCUT2D eigenvalue weighted by atomic mass is 10.2. The van der Waals surface area contributed by atoms with Crippen molar-refractivity contribution in [3.63, 3.8) is 0 Å². The Labute approximate surface area is 128 Å². The highest BCUT2D eigenvalue weighted by atomic mass is 15.2. The van der Waals surface area contributed by atoms with Gasteiger partial charge in [-0.05, 0) is 37.1 Å². The number of imidazole rings is 1. The van der Waals surface area contributed by atoms with Crippen LogP contribution in [-0.4, -0.2) is 21.5 Å². The van der Waals surface area contributed by atoms with Gasteiger partial charge in [0.15, 0.2) is 0 Å². The molecule has 0 unspecified atom stereocenters. The van der Waals surface area contributed by atoms with Crippen molar-refractivity contribution in [2.24, 2.45) is 0 Å². The zero-order chi connectivity index (χ0) is 14.9. The number of nitrogens with zero attached hydrogens (tertiary/aromatic N) is 4. The third kappa shape index (κ3) is 2.09. The molecule has 1 atom stereocenters. The largest absolute Gasteiger partial charge is 0.346 e. The van der Waals surface area contributed by atoms with E-state index in [4.69, 9.17) is 10.2 Å². The van der Waals surface area contributed by atoms with E-state index in [2.05, 4.69) is 20.9 Å². The van der Waals surface area contributed by atoms with Crippen molar-refractivity contribution in [1.29, 1.82) is 5.26 Å². The van der Waals surface area contributed by atoms with Crippen LogP contribution in [0.15, 0.2) is 42.6 Å². The van der Waals surface area contributed by atoms with Gasteiger partial charge < -0.3 is 9.88 Å². The van der Waals surface area contributed by atoms with Crippen LogP contribution in [0.1, 0.15) is 30.3 Å². The van der Waals surface area contributed by atoms with Crippen molar-refractivity contribution in [3.05, 3.63) is 54.0 Å². The minimum atomic E-state index is 0.216. The molecule has 5 heteroatoms. The van der Waals surface area contributed by atoms with E-state index in [9.17, 15) is 0 Å². The number of hydrogen-bond acceptors (Lipinski definition) is 4. The Morgan fingerprint density at radius 1 is 1.23 bits per heavy atom. The highest BCUT2D eigenvalue weighted by molar-refractivity contribution is 5.75. The Bertz CT molecular complexity index is 810. The van der Waals surface area contributed by atoms with Crippen LogP contribution >= 0.6 is 0 Å². The van der Waals surface area contributed by atoms with Crippen LogP contribution in [0.3, 0.4) is 0 Å². The molecule has 0 radical (unpaired) electrons. The molecule has 3 heterocycles. The van der Waals surface area contributed by atoms with Crippen molar-refractivity contribution in [1.82, 2.24) is 15.0 Å². The highest BCUT2D eigenvalue weighted by Gasteiger charge is 2.29. The van der Waals surface area contributed by atoms with Crippen LogP contribution in [-0.2, 0) is 0 Å². The number of aromatic amines is 1. The summed E-state index contributed by atoms with van der Waals surface area (Å²) in [4.78, 5) is 14.8.